The molecule has 2 fully saturated rings. The molecule has 1 N–H and O–H groups in total. The first-order valence-corrected chi connectivity index (χ1v) is 8.50. The van der Waals surface area contributed by atoms with Crippen molar-refractivity contribution in [2.45, 2.75) is 33.1 Å². The third-order valence-corrected chi connectivity index (χ3v) is 6.53. The Balaban J connectivity index is 1.96. The van der Waals surface area contributed by atoms with E-state index >= 15 is 0 Å². The normalized spacial score (nSPS) is 27.3. The number of nitrogens with one attached hydrogen (secondary N) is 1. The van der Waals surface area contributed by atoms with Crippen molar-refractivity contribution in [2.24, 2.45) is 16.7 Å². The van der Waals surface area contributed by atoms with Gasteiger partial charge in [0, 0.05) is 6.07 Å². The molecule has 1 aromatic rings. The first-order valence-electron chi connectivity index (χ1n) is 7.74. The highest BCUT2D eigenvalue weighted by atomic mass is 35.5. The minimum absolute atomic E-state index is 0.0646. The van der Waals surface area contributed by atoms with Crippen molar-refractivity contribution in [3.63, 3.8) is 0 Å². The van der Waals surface area contributed by atoms with Crippen LogP contribution in [0.1, 0.15) is 33.1 Å². The maximum Gasteiger partial charge on any atom is 0.294 e. The van der Waals surface area contributed by atoms with Gasteiger partial charge >= 0.3 is 0 Å². The summed E-state index contributed by atoms with van der Waals surface area (Å²) in [5, 5.41) is 14.2. The molecule has 1 amide bonds. The second-order valence-electron chi connectivity index (χ2n) is 7.22. The molecule has 0 aromatic heterocycles. The van der Waals surface area contributed by atoms with Crippen LogP contribution in [0.15, 0.2) is 24.3 Å². The van der Waals surface area contributed by atoms with E-state index in [1.165, 1.54) is 6.07 Å². The lowest BCUT2D eigenvalue weighted by atomic mass is 9.68. The smallest absolute Gasteiger partial charge is 0.294 e. The Labute approximate surface area is 150 Å². The van der Waals surface area contributed by atoms with Gasteiger partial charge in [0.15, 0.2) is 0 Å². The van der Waals surface area contributed by atoms with E-state index in [9.17, 15) is 14.9 Å². The highest BCUT2D eigenvalue weighted by Crippen LogP contribution is 2.65. The van der Waals surface area contributed by atoms with Gasteiger partial charge in [0.2, 0.25) is 5.91 Å². The Bertz CT molecular complexity index is 775. The Morgan fingerprint density at radius 2 is 2.00 bits per heavy atom. The van der Waals surface area contributed by atoms with Crippen LogP contribution in [0.25, 0.3) is 0 Å². The van der Waals surface area contributed by atoms with E-state index in [2.05, 4.69) is 25.7 Å². The fraction of sp³-hybridized carbons (Fsp3) is 0.471. The molecule has 0 spiro atoms. The molecule has 2 atom stereocenters. The summed E-state index contributed by atoms with van der Waals surface area (Å²) in [6.45, 7) is 8.39. The molecule has 2 aliphatic carbocycles. The van der Waals surface area contributed by atoms with Crippen LogP contribution in [0.4, 0.5) is 11.4 Å². The number of anilines is 1. The molecule has 5 nitrogen and oxygen atoms in total. The van der Waals surface area contributed by atoms with Gasteiger partial charge in [-0.25, -0.2) is 0 Å². The fourth-order valence-electron chi connectivity index (χ4n) is 4.17. The zero-order chi connectivity index (χ0) is 17.9. The monoisotopic (exact) mass is 368 g/mol. The Hall–Kier alpha value is -1.59. The first kappa shape index (κ1) is 17.2. The summed E-state index contributed by atoms with van der Waals surface area (Å²) in [5.74, 6) is 0.168. The third-order valence-electron chi connectivity index (χ3n) is 5.81. The molecule has 7 heteroatoms. The molecule has 2 saturated carbocycles. The number of benzene rings is 1. The minimum atomic E-state index is -0.659. The average molecular weight is 369 g/mol. The topological polar surface area (TPSA) is 72.2 Å². The quantitative estimate of drug-likeness (QED) is 0.451. The van der Waals surface area contributed by atoms with Crippen LogP contribution in [-0.4, -0.2) is 10.8 Å². The number of nitro groups is 1. The van der Waals surface area contributed by atoms with Crippen LogP contribution >= 0.6 is 23.2 Å². The summed E-state index contributed by atoms with van der Waals surface area (Å²) in [7, 11) is 0. The second kappa shape index (κ2) is 5.46. The number of hydrogen-bond acceptors (Lipinski definition) is 3. The number of rotatable bonds is 3. The number of hydrogen-bond donors (Lipinski definition) is 1. The zero-order valence-corrected chi connectivity index (χ0v) is 15.0. The lowest BCUT2D eigenvalue weighted by Crippen LogP contribution is -2.37. The van der Waals surface area contributed by atoms with Crippen molar-refractivity contribution >= 4 is 40.5 Å². The number of amides is 1. The molecule has 0 aliphatic heterocycles. The number of carbonyl (C=O) groups excluding carboxylic acids is 1. The van der Waals surface area contributed by atoms with Gasteiger partial charge in [0.05, 0.1) is 20.4 Å². The largest absolute Gasteiger partial charge is 0.320 e. The Kier molecular flexibility index (Phi) is 3.92. The highest BCUT2D eigenvalue weighted by molar-refractivity contribution is 6.42. The van der Waals surface area contributed by atoms with Crippen molar-refractivity contribution in [2.75, 3.05) is 5.32 Å². The summed E-state index contributed by atoms with van der Waals surface area (Å²) in [5.41, 5.74) is -0.0550. The second-order valence-corrected chi connectivity index (χ2v) is 8.03. The van der Waals surface area contributed by atoms with E-state index in [-0.39, 0.29) is 32.7 Å². The molecule has 3 rings (SSSR count). The van der Waals surface area contributed by atoms with Gasteiger partial charge < -0.3 is 5.32 Å². The molecule has 0 heterocycles. The van der Waals surface area contributed by atoms with E-state index < -0.39 is 10.3 Å². The van der Waals surface area contributed by atoms with E-state index in [1.54, 1.807) is 0 Å². The molecule has 1 aromatic carbocycles. The molecule has 24 heavy (non-hydrogen) atoms. The van der Waals surface area contributed by atoms with Gasteiger partial charge in [-0.1, -0.05) is 49.2 Å². The zero-order valence-electron chi connectivity index (χ0n) is 13.5. The van der Waals surface area contributed by atoms with Crippen molar-refractivity contribution in [1.82, 2.24) is 0 Å². The van der Waals surface area contributed by atoms with Crippen LogP contribution in [0, 0.1) is 26.9 Å². The molecule has 128 valence electrons. The number of nitrogens with zero attached hydrogens (tertiary/aromatic N) is 1. The predicted octanol–water partition coefficient (Wildman–Crippen LogP) is 5.22. The lowest BCUT2D eigenvalue weighted by molar-refractivity contribution is -0.383. The standard InChI is InChI=1S/C17H18Cl2N2O3/c1-9-16(2,3)10-4-5-17(9,8-10)15(22)20-13-6-11(18)12(19)7-14(13)21(23)24/h6-7,10H,1,4-5,8H2,2-3H3,(H,20,22). The maximum absolute atomic E-state index is 13.0. The van der Waals surface area contributed by atoms with Crippen molar-refractivity contribution in [3.8, 4) is 0 Å². The molecule has 0 radical (unpaired) electrons. The molecule has 0 saturated heterocycles. The number of nitro benzene ring substituents is 1. The first-order chi connectivity index (χ1) is 11.1. The van der Waals surface area contributed by atoms with Gasteiger partial charge in [-0.15, -0.1) is 0 Å². The van der Waals surface area contributed by atoms with Crippen LogP contribution in [0.3, 0.4) is 0 Å². The van der Waals surface area contributed by atoms with E-state index in [0.717, 1.165) is 30.9 Å². The molecule has 2 unspecified atom stereocenters. The van der Waals surface area contributed by atoms with Gasteiger partial charge in [-0.3, -0.25) is 14.9 Å². The Morgan fingerprint density at radius 3 is 2.54 bits per heavy atom. The fourth-order valence-corrected chi connectivity index (χ4v) is 4.49. The highest BCUT2D eigenvalue weighted by Gasteiger charge is 2.61. The van der Waals surface area contributed by atoms with Crippen LogP contribution in [-0.2, 0) is 4.79 Å². The summed E-state index contributed by atoms with van der Waals surface area (Å²) in [6.07, 6.45) is 2.42. The van der Waals surface area contributed by atoms with Crippen molar-refractivity contribution in [1.29, 1.82) is 0 Å². The third kappa shape index (κ3) is 2.33. The molecule has 2 bridgehead atoms. The lowest BCUT2D eigenvalue weighted by Gasteiger charge is -2.37. The van der Waals surface area contributed by atoms with E-state index in [1.807, 2.05) is 0 Å². The van der Waals surface area contributed by atoms with Gasteiger partial charge in [0.1, 0.15) is 5.69 Å². The van der Waals surface area contributed by atoms with Crippen molar-refractivity contribution < 1.29 is 9.72 Å². The summed E-state index contributed by atoms with van der Waals surface area (Å²) >= 11 is 11.8. The van der Waals surface area contributed by atoms with Gasteiger partial charge in [-0.2, -0.15) is 0 Å². The minimum Gasteiger partial charge on any atom is -0.320 e. The van der Waals surface area contributed by atoms with Crippen LogP contribution in [0.2, 0.25) is 10.0 Å². The van der Waals surface area contributed by atoms with Gasteiger partial charge in [0.25, 0.3) is 5.69 Å². The number of fused-ring (bicyclic) bond motifs is 2. The predicted molar refractivity (Wildman–Crippen MR) is 94.4 cm³/mol. The molecular weight excluding hydrogens is 351 g/mol. The summed E-state index contributed by atoms with van der Waals surface area (Å²) < 4.78 is 0. The SMILES string of the molecule is C=C1C2(C(=O)Nc3cc(Cl)c(Cl)cc3[N+](=O)[O-])CCC(C2)C1(C)C. The van der Waals surface area contributed by atoms with Crippen molar-refractivity contribution in [3.05, 3.63) is 44.4 Å². The van der Waals surface area contributed by atoms with Crippen LogP contribution in [0.5, 0.6) is 0 Å². The maximum atomic E-state index is 13.0. The molecule has 2 aliphatic rings. The van der Waals surface area contributed by atoms with Crippen LogP contribution < -0.4 is 5.32 Å². The van der Waals surface area contributed by atoms with E-state index in [4.69, 9.17) is 23.2 Å². The number of carbonyl (C=O) groups is 1. The average Bonchev–Trinajstić information content (AvgIpc) is 3.02. The summed E-state index contributed by atoms with van der Waals surface area (Å²) in [6, 6.07) is 2.48. The van der Waals surface area contributed by atoms with E-state index in [0.29, 0.717) is 5.92 Å². The Morgan fingerprint density at radius 1 is 1.38 bits per heavy atom. The summed E-state index contributed by atoms with van der Waals surface area (Å²) in [4.78, 5) is 23.7. The molecular formula is C17H18Cl2N2O3. The number of halogens is 2. The van der Waals surface area contributed by atoms with Gasteiger partial charge in [-0.05, 0) is 36.7 Å².